The zero-order valence-electron chi connectivity index (χ0n) is 13.7. The van der Waals surface area contributed by atoms with E-state index >= 15 is 0 Å². The number of nitrogens with zero attached hydrogens (tertiary/aromatic N) is 1. The van der Waals surface area contributed by atoms with Gasteiger partial charge in [0.05, 0.1) is 6.61 Å². The van der Waals surface area contributed by atoms with Gasteiger partial charge in [-0.1, -0.05) is 20.8 Å². The Kier molecular flexibility index (Phi) is 7.33. The van der Waals surface area contributed by atoms with E-state index in [1.807, 2.05) is 0 Å². The highest BCUT2D eigenvalue weighted by Gasteiger charge is 2.28. The van der Waals surface area contributed by atoms with Crippen LogP contribution in [0.1, 0.15) is 47.0 Å². The summed E-state index contributed by atoms with van der Waals surface area (Å²) < 4.78 is 5.06. The Balaban J connectivity index is 2.31. The van der Waals surface area contributed by atoms with Crippen molar-refractivity contribution in [2.45, 2.75) is 53.0 Å². The van der Waals surface area contributed by atoms with Gasteiger partial charge in [0, 0.05) is 26.2 Å². The lowest BCUT2D eigenvalue weighted by molar-refractivity contribution is 0.176. The first-order chi connectivity index (χ1) is 8.95. The first-order valence-corrected chi connectivity index (χ1v) is 7.89. The summed E-state index contributed by atoms with van der Waals surface area (Å²) in [5, 5.41) is 3.48. The number of rotatable bonds is 6. The first kappa shape index (κ1) is 16.9. The molecule has 114 valence electrons. The van der Waals surface area contributed by atoms with Crippen LogP contribution in [0.3, 0.4) is 0 Å². The molecule has 3 heteroatoms. The molecule has 0 aromatic carbocycles. The molecule has 1 aliphatic heterocycles. The van der Waals surface area contributed by atoms with Gasteiger partial charge in [0.2, 0.25) is 0 Å². The largest absolute Gasteiger partial charge is 0.383 e. The number of likely N-dealkylation sites (tertiary alicyclic amines) is 1. The third-order valence-electron chi connectivity index (χ3n) is 4.53. The maximum absolute atomic E-state index is 5.06. The van der Waals surface area contributed by atoms with Gasteiger partial charge in [-0.25, -0.2) is 0 Å². The Morgan fingerprint density at radius 2 is 2.00 bits per heavy atom. The van der Waals surface area contributed by atoms with Crippen LogP contribution in [0.4, 0.5) is 0 Å². The quantitative estimate of drug-likeness (QED) is 0.751. The molecule has 2 unspecified atom stereocenters. The Labute approximate surface area is 120 Å². The monoisotopic (exact) mass is 270 g/mol. The highest BCUT2D eigenvalue weighted by Crippen LogP contribution is 2.34. The highest BCUT2D eigenvalue weighted by molar-refractivity contribution is 4.81. The van der Waals surface area contributed by atoms with Crippen LogP contribution in [0.15, 0.2) is 0 Å². The van der Waals surface area contributed by atoms with Gasteiger partial charge < -0.3 is 10.1 Å². The summed E-state index contributed by atoms with van der Waals surface area (Å²) in [6.07, 6.45) is 4.10. The SMILES string of the molecule is COCCNCC(C)N1CCCC(C(C)(C)C)CC1. The van der Waals surface area contributed by atoms with Crippen LogP contribution in [0.5, 0.6) is 0 Å². The van der Waals surface area contributed by atoms with E-state index in [-0.39, 0.29) is 0 Å². The maximum Gasteiger partial charge on any atom is 0.0587 e. The van der Waals surface area contributed by atoms with Gasteiger partial charge >= 0.3 is 0 Å². The van der Waals surface area contributed by atoms with Crippen LogP contribution in [0, 0.1) is 11.3 Å². The first-order valence-electron chi connectivity index (χ1n) is 7.89. The second-order valence-electron chi connectivity index (χ2n) is 7.08. The lowest BCUT2D eigenvalue weighted by atomic mass is 9.77. The summed E-state index contributed by atoms with van der Waals surface area (Å²) in [5.74, 6) is 0.881. The van der Waals surface area contributed by atoms with E-state index in [0.29, 0.717) is 11.5 Å². The molecule has 0 saturated carbocycles. The van der Waals surface area contributed by atoms with Gasteiger partial charge in [0.25, 0.3) is 0 Å². The molecule has 1 fully saturated rings. The number of nitrogens with one attached hydrogen (secondary N) is 1. The minimum Gasteiger partial charge on any atom is -0.383 e. The van der Waals surface area contributed by atoms with Crippen LogP contribution in [-0.4, -0.2) is 50.8 Å². The molecule has 0 bridgehead atoms. The van der Waals surface area contributed by atoms with Crippen molar-refractivity contribution < 1.29 is 4.74 Å². The van der Waals surface area contributed by atoms with Crippen LogP contribution in [0.2, 0.25) is 0 Å². The van der Waals surface area contributed by atoms with Gasteiger partial charge in [0.15, 0.2) is 0 Å². The Bertz CT molecular complexity index is 237. The summed E-state index contributed by atoms with van der Waals surface area (Å²) in [5.41, 5.74) is 0.468. The van der Waals surface area contributed by atoms with Gasteiger partial charge in [0.1, 0.15) is 0 Å². The molecule has 0 amide bonds. The predicted molar refractivity (Wildman–Crippen MR) is 82.6 cm³/mol. The molecule has 0 radical (unpaired) electrons. The molecule has 0 aromatic heterocycles. The number of hydrogen-bond donors (Lipinski definition) is 1. The third kappa shape index (κ3) is 6.24. The zero-order valence-corrected chi connectivity index (χ0v) is 13.7. The zero-order chi connectivity index (χ0) is 14.3. The molecule has 2 atom stereocenters. The molecule has 1 heterocycles. The Morgan fingerprint density at radius 1 is 1.26 bits per heavy atom. The summed E-state index contributed by atoms with van der Waals surface area (Å²) in [4.78, 5) is 2.66. The van der Waals surface area contributed by atoms with Crippen LogP contribution < -0.4 is 5.32 Å². The summed E-state index contributed by atoms with van der Waals surface area (Å²) in [7, 11) is 1.76. The van der Waals surface area contributed by atoms with E-state index in [2.05, 4.69) is 37.9 Å². The molecule has 1 saturated heterocycles. The van der Waals surface area contributed by atoms with E-state index in [1.165, 1.54) is 32.4 Å². The van der Waals surface area contributed by atoms with E-state index in [0.717, 1.165) is 25.6 Å². The molecular formula is C16H34N2O. The number of hydrogen-bond acceptors (Lipinski definition) is 3. The highest BCUT2D eigenvalue weighted by atomic mass is 16.5. The summed E-state index contributed by atoms with van der Waals surface area (Å²) in [6.45, 7) is 14.9. The van der Waals surface area contributed by atoms with E-state index in [1.54, 1.807) is 7.11 Å². The lowest BCUT2D eigenvalue weighted by Gasteiger charge is -2.31. The van der Waals surface area contributed by atoms with Crippen molar-refractivity contribution in [2.24, 2.45) is 11.3 Å². The predicted octanol–water partition coefficient (Wildman–Crippen LogP) is 2.76. The van der Waals surface area contributed by atoms with Crippen molar-refractivity contribution >= 4 is 0 Å². The molecular weight excluding hydrogens is 236 g/mol. The number of ether oxygens (including phenoxy) is 1. The molecule has 1 N–H and O–H groups in total. The fourth-order valence-electron chi connectivity index (χ4n) is 3.04. The fraction of sp³-hybridized carbons (Fsp3) is 1.00. The van der Waals surface area contributed by atoms with Crippen LogP contribution in [0.25, 0.3) is 0 Å². The van der Waals surface area contributed by atoms with Crippen molar-refractivity contribution in [3.05, 3.63) is 0 Å². The van der Waals surface area contributed by atoms with E-state index in [4.69, 9.17) is 4.74 Å². The standard InChI is InChI=1S/C16H34N2O/c1-14(13-17-9-12-19-5)18-10-6-7-15(8-11-18)16(2,3)4/h14-15,17H,6-13H2,1-5H3. The second-order valence-corrected chi connectivity index (χ2v) is 7.08. The summed E-state index contributed by atoms with van der Waals surface area (Å²) in [6, 6.07) is 0.635. The van der Waals surface area contributed by atoms with Gasteiger partial charge in [-0.2, -0.15) is 0 Å². The van der Waals surface area contributed by atoms with E-state index in [9.17, 15) is 0 Å². The average molecular weight is 270 g/mol. The second kappa shape index (κ2) is 8.23. The number of methoxy groups -OCH3 is 1. The smallest absolute Gasteiger partial charge is 0.0587 e. The minimum absolute atomic E-state index is 0.468. The molecule has 3 nitrogen and oxygen atoms in total. The molecule has 19 heavy (non-hydrogen) atoms. The molecule has 0 aliphatic carbocycles. The van der Waals surface area contributed by atoms with E-state index < -0.39 is 0 Å². The Hall–Kier alpha value is -0.120. The van der Waals surface area contributed by atoms with Crippen molar-refractivity contribution in [1.82, 2.24) is 10.2 Å². The van der Waals surface area contributed by atoms with Crippen molar-refractivity contribution in [1.29, 1.82) is 0 Å². The van der Waals surface area contributed by atoms with Gasteiger partial charge in [-0.3, -0.25) is 4.90 Å². The lowest BCUT2D eigenvalue weighted by Crippen LogP contribution is -2.41. The van der Waals surface area contributed by atoms with Crippen LogP contribution >= 0.6 is 0 Å². The minimum atomic E-state index is 0.468. The molecule has 1 aliphatic rings. The molecule has 0 aromatic rings. The maximum atomic E-state index is 5.06. The molecule has 1 rings (SSSR count). The van der Waals surface area contributed by atoms with Gasteiger partial charge in [-0.15, -0.1) is 0 Å². The average Bonchev–Trinajstić information content (AvgIpc) is 2.59. The fourth-order valence-corrected chi connectivity index (χ4v) is 3.04. The Morgan fingerprint density at radius 3 is 2.63 bits per heavy atom. The normalized spacial score (nSPS) is 24.2. The van der Waals surface area contributed by atoms with Crippen molar-refractivity contribution in [3.8, 4) is 0 Å². The van der Waals surface area contributed by atoms with Crippen molar-refractivity contribution in [3.63, 3.8) is 0 Å². The summed E-state index contributed by atoms with van der Waals surface area (Å²) >= 11 is 0. The molecule has 0 spiro atoms. The van der Waals surface area contributed by atoms with Crippen molar-refractivity contribution in [2.75, 3.05) is 39.9 Å². The van der Waals surface area contributed by atoms with Crippen LogP contribution in [-0.2, 0) is 4.74 Å². The van der Waals surface area contributed by atoms with Gasteiger partial charge in [-0.05, 0) is 50.6 Å². The topological polar surface area (TPSA) is 24.5 Å². The third-order valence-corrected chi connectivity index (χ3v) is 4.53.